The van der Waals surface area contributed by atoms with Crippen molar-refractivity contribution in [1.82, 2.24) is 0 Å². The number of carbonyl (C=O) groups is 2. The molecule has 1 aliphatic rings. The molecule has 0 spiro atoms. The van der Waals surface area contributed by atoms with Crippen molar-refractivity contribution in [2.45, 2.75) is 12.7 Å². The van der Waals surface area contributed by atoms with Crippen LogP contribution in [0.25, 0.3) is 0 Å². The number of carbonyl (C=O) groups excluding carboxylic acids is 2. The van der Waals surface area contributed by atoms with Gasteiger partial charge in [-0.3, -0.25) is 9.59 Å². The molecule has 0 saturated carbocycles. The highest BCUT2D eigenvalue weighted by Crippen LogP contribution is 2.20. The predicted octanol–water partition coefficient (Wildman–Crippen LogP) is 0.721. The number of fused-ring (bicyclic) bond motifs is 1. The highest BCUT2D eigenvalue weighted by molar-refractivity contribution is 6.35. The Hall–Kier alpha value is -1.81. The van der Waals surface area contributed by atoms with E-state index in [0.29, 0.717) is 5.56 Å². The lowest BCUT2D eigenvalue weighted by atomic mass is 9.95. The summed E-state index contributed by atoms with van der Waals surface area (Å²) in [6, 6.07) is 7.23. The van der Waals surface area contributed by atoms with Crippen LogP contribution in [0.3, 0.4) is 0 Å². The fourth-order valence-electron chi connectivity index (χ4n) is 1.59. The van der Waals surface area contributed by atoms with Crippen LogP contribution in [0.2, 0.25) is 0 Å². The Bertz CT molecular complexity index is 439. The molecule has 0 saturated heterocycles. The summed E-state index contributed by atoms with van der Waals surface area (Å²) in [5, 5.41) is 7.76. The number of aldehydes is 1. The van der Waals surface area contributed by atoms with E-state index >= 15 is 0 Å². The van der Waals surface area contributed by atoms with Gasteiger partial charge in [0.15, 0.2) is 12.4 Å². The Balaban J connectivity index is 2.38. The van der Waals surface area contributed by atoms with Gasteiger partial charge in [0.1, 0.15) is 0 Å². The molecule has 0 aliphatic carbocycles. The predicted molar refractivity (Wildman–Crippen MR) is 52.9 cm³/mol. The summed E-state index contributed by atoms with van der Waals surface area (Å²) >= 11 is 0. The number of Topliss-reactive ketones (excluding diaryl/α,β-unsaturated/α-hetero) is 1. The Morgan fingerprint density at radius 2 is 2.20 bits per heavy atom. The molecule has 1 N–H and O–H groups in total. The topological polar surface area (TPSA) is 67.2 Å². The molecule has 76 valence electrons. The molecule has 4 heteroatoms. The first-order valence-electron chi connectivity index (χ1n) is 4.51. The van der Waals surface area contributed by atoms with Gasteiger partial charge in [-0.15, -0.1) is 0 Å². The van der Waals surface area contributed by atoms with Gasteiger partial charge in [-0.2, -0.15) is 0 Å². The van der Waals surface area contributed by atoms with Gasteiger partial charge in [0, 0.05) is 5.56 Å². The minimum absolute atomic E-state index is 0.0638. The molecule has 1 aromatic rings. The summed E-state index contributed by atoms with van der Waals surface area (Å²) in [6.45, 7) is 0.267. The second-order valence-corrected chi connectivity index (χ2v) is 3.28. The lowest BCUT2D eigenvalue weighted by Gasteiger charge is -2.23. The van der Waals surface area contributed by atoms with E-state index in [4.69, 9.17) is 10.1 Å². The van der Waals surface area contributed by atoms with Gasteiger partial charge in [-0.1, -0.05) is 24.3 Å². The fraction of sp³-hybridized carbons (Fsp3) is 0.182. The first-order valence-corrected chi connectivity index (χ1v) is 4.51. The van der Waals surface area contributed by atoms with Crippen molar-refractivity contribution in [3.63, 3.8) is 0 Å². The van der Waals surface area contributed by atoms with E-state index in [2.05, 4.69) is 0 Å². The largest absolute Gasteiger partial charge is 0.359 e. The van der Waals surface area contributed by atoms with Crippen LogP contribution < -0.4 is 0 Å². The monoisotopic (exact) mass is 203 g/mol. The van der Waals surface area contributed by atoms with Crippen molar-refractivity contribution in [2.75, 3.05) is 0 Å². The van der Waals surface area contributed by atoms with Crippen LogP contribution in [0.4, 0.5) is 0 Å². The molecule has 4 nitrogen and oxygen atoms in total. The zero-order valence-electron chi connectivity index (χ0n) is 7.90. The second-order valence-electron chi connectivity index (χ2n) is 3.28. The number of nitrogens with one attached hydrogen (secondary N) is 1. The number of hydrogen-bond acceptors (Lipinski definition) is 4. The number of hydrogen-bond donors (Lipinski definition) is 1. The van der Waals surface area contributed by atoms with Gasteiger partial charge < -0.3 is 10.1 Å². The SMILES string of the molecule is N=C1c2ccccc2COC1C(=O)C=O. The second kappa shape index (κ2) is 3.74. The summed E-state index contributed by atoms with van der Waals surface area (Å²) in [5.41, 5.74) is 1.62. The summed E-state index contributed by atoms with van der Waals surface area (Å²) in [5.74, 6) is -0.700. The van der Waals surface area contributed by atoms with Gasteiger partial charge >= 0.3 is 0 Å². The molecule has 1 atom stereocenters. The Labute approximate surface area is 86.4 Å². The zero-order valence-corrected chi connectivity index (χ0v) is 7.90. The van der Waals surface area contributed by atoms with E-state index in [9.17, 15) is 9.59 Å². The molecule has 1 aliphatic heterocycles. The van der Waals surface area contributed by atoms with Crippen molar-refractivity contribution in [3.8, 4) is 0 Å². The molecule has 0 amide bonds. The Kier molecular flexibility index (Phi) is 2.43. The standard InChI is InChI=1S/C11H9NO3/c12-10-8-4-2-1-3-7(8)6-15-11(10)9(14)5-13/h1-5,11-12H,6H2. The third-order valence-corrected chi connectivity index (χ3v) is 2.35. The van der Waals surface area contributed by atoms with Gasteiger partial charge in [-0.05, 0) is 5.56 Å². The van der Waals surface area contributed by atoms with Gasteiger partial charge in [0.2, 0.25) is 5.78 Å². The number of ketones is 1. The number of ether oxygens (including phenoxy) is 1. The maximum absolute atomic E-state index is 11.2. The highest BCUT2D eigenvalue weighted by atomic mass is 16.5. The first-order chi connectivity index (χ1) is 7.24. The zero-order chi connectivity index (χ0) is 10.8. The van der Waals surface area contributed by atoms with E-state index < -0.39 is 11.9 Å². The maximum atomic E-state index is 11.2. The molecule has 0 aromatic heterocycles. The van der Waals surface area contributed by atoms with Crippen molar-refractivity contribution in [1.29, 1.82) is 5.41 Å². The number of rotatable bonds is 2. The molecular weight excluding hydrogens is 194 g/mol. The minimum Gasteiger partial charge on any atom is -0.359 e. The molecule has 1 unspecified atom stereocenters. The van der Waals surface area contributed by atoms with E-state index in [1.165, 1.54) is 0 Å². The third kappa shape index (κ3) is 1.59. The highest BCUT2D eigenvalue weighted by Gasteiger charge is 2.29. The molecule has 0 fully saturated rings. The molecule has 1 heterocycles. The normalized spacial score (nSPS) is 19.5. The molecule has 0 bridgehead atoms. The molecule has 1 aromatic carbocycles. The third-order valence-electron chi connectivity index (χ3n) is 2.35. The van der Waals surface area contributed by atoms with Gasteiger partial charge in [0.05, 0.1) is 12.3 Å². The summed E-state index contributed by atoms with van der Waals surface area (Å²) in [6.07, 6.45) is -0.829. The van der Waals surface area contributed by atoms with E-state index in [1.54, 1.807) is 12.1 Å². The van der Waals surface area contributed by atoms with Crippen LogP contribution in [0.5, 0.6) is 0 Å². The Morgan fingerprint density at radius 1 is 1.47 bits per heavy atom. The van der Waals surface area contributed by atoms with Crippen molar-refractivity contribution in [2.24, 2.45) is 0 Å². The van der Waals surface area contributed by atoms with E-state index in [-0.39, 0.29) is 18.6 Å². The molecule has 0 radical (unpaired) electrons. The molecular formula is C11H9NO3. The number of benzene rings is 1. The van der Waals surface area contributed by atoms with Crippen molar-refractivity contribution in [3.05, 3.63) is 35.4 Å². The van der Waals surface area contributed by atoms with Crippen LogP contribution in [-0.2, 0) is 20.9 Å². The lowest BCUT2D eigenvalue weighted by Crippen LogP contribution is -2.37. The van der Waals surface area contributed by atoms with Crippen LogP contribution in [0, 0.1) is 5.41 Å². The summed E-state index contributed by atoms with van der Waals surface area (Å²) in [7, 11) is 0. The minimum atomic E-state index is -1.03. The smallest absolute Gasteiger partial charge is 0.229 e. The van der Waals surface area contributed by atoms with Crippen LogP contribution in [0.1, 0.15) is 11.1 Å². The summed E-state index contributed by atoms with van der Waals surface area (Å²) < 4.78 is 5.16. The average Bonchev–Trinajstić information content (AvgIpc) is 2.29. The summed E-state index contributed by atoms with van der Waals surface area (Å²) in [4.78, 5) is 21.5. The van der Waals surface area contributed by atoms with Gasteiger partial charge in [-0.25, -0.2) is 0 Å². The average molecular weight is 203 g/mol. The van der Waals surface area contributed by atoms with E-state index in [1.807, 2.05) is 12.1 Å². The fourth-order valence-corrected chi connectivity index (χ4v) is 1.59. The van der Waals surface area contributed by atoms with Crippen molar-refractivity contribution < 1.29 is 14.3 Å². The van der Waals surface area contributed by atoms with Crippen LogP contribution >= 0.6 is 0 Å². The van der Waals surface area contributed by atoms with Crippen LogP contribution in [-0.4, -0.2) is 23.9 Å². The lowest BCUT2D eigenvalue weighted by molar-refractivity contribution is -0.135. The Morgan fingerprint density at radius 3 is 2.93 bits per heavy atom. The first kappa shape index (κ1) is 9.73. The van der Waals surface area contributed by atoms with E-state index in [0.717, 1.165) is 5.56 Å². The van der Waals surface area contributed by atoms with Crippen molar-refractivity contribution >= 4 is 17.8 Å². The maximum Gasteiger partial charge on any atom is 0.229 e. The van der Waals surface area contributed by atoms with Gasteiger partial charge in [0.25, 0.3) is 0 Å². The molecule has 15 heavy (non-hydrogen) atoms. The van der Waals surface area contributed by atoms with Crippen LogP contribution in [0.15, 0.2) is 24.3 Å². The molecule has 2 rings (SSSR count). The quantitative estimate of drug-likeness (QED) is 0.569.